The Balaban J connectivity index is 1.51. The van der Waals surface area contributed by atoms with E-state index >= 15 is 0 Å². The summed E-state index contributed by atoms with van der Waals surface area (Å²) in [5, 5.41) is 7.12. The number of H-pyrrole nitrogens is 1. The number of furan rings is 1. The molecule has 1 atom stereocenters. The lowest BCUT2D eigenvalue weighted by molar-refractivity contribution is 0.0730. The maximum Gasteiger partial charge on any atom is 0.274 e. The number of benzene rings is 1. The van der Waals surface area contributed by atoms with Crippen molar-refractivity contribution in [2.75, 3.05) is 6.54 Å². The minimum atomic E-state index is -0.00999. The molecule has 0 radical (unpaired) electrons. The minimum Gasteiger partial charge on any atom is -0.460 e. The van der Waals surface area contributed by atoms with Crippen LogP contribution in [0.1, 0.15) is 34.7 Å². The lowest BCUT2D eigenvalue weighted by Crippen LogP contribution is -2.37. The molecule has 3 aromatic rings. The highest BCUT2D eigenvalue weighted by atomic mass is 16.3. The van der Waals surface area contributed by atoms with E-state index in [9.17, 15) is 4.79 Å². The highest BCUT2D eigenvalue weighted by molar-refractivity contribution is 5.93. The smallest absolute Gasteiger partial charge is 0.274 e. The van der Waals surface area contributed by atoms with Crippen molar-refractivity contribution >= 4 is 5.91 Å². The number of nitrogens with one attached hydrogen (secondary N) is 1. The van der Waals surface area contributed by atoms with Crippen molar-refractivity contribution in [2.45, 2.75) is 32.2 Å². The van der Waals surface area contributed by atoms with E-state index in [2.05, 4.69) is 22.3 Å². The summed E-state index contributed by atoms with van der Waals surface area (Å²) in [5.41, 5.74) is 2.44. The summed E-state index contributed by atoms with van der Waals surface area (Å²) in [6.07, 6.45) is 2.97. The number of carbonyl (C=O) groups excluding carboxylic acids is 1. The molecule has 4 rings (SSSR count). The molecule has 25 heavy (non-hydrogen) atoms. The summed E-state index contributed by atoms with van der Waals surface area (Å²) in [4.78, 5) is 14.9. The molecule has 5 heteroatoms. The van der Waals surface area contributed by atoms with Gasteiger partial charge in [0.15, 0.2) is 11.5 Å². The van der Waals surface area contributed by atoms with Crippen LogP contribution in [0.4, 0.5) is 0 Å². The molecular weight excluding hydrogens is 314 g/mol. The Morgan fingerprint density at radius 1 is 1.28 bits per heavy atom. The summed E-state index contributed by atoms with van der Waals surface area (Å²) in [7, 11) is 0. The quantitative estimate of drug-likeness (QED) is 0.788. The molecule has 1 unspecified atom stereocenters. The molecule has 0 spiro atoms. The van der Waals surface area contributed by atoms with Crippen LogP contribution in [0.25, 0.3) is 11.5 Å². The summed E-state index contributed by atoms with van der Waals surface area (Å²) >= 11 is 0. The van der Waals surface area contributed by atoms with Gasteiger partial charge in [-0.15, -0.1) is 0 Å². The van der Waals surface area contributed by atoms with E-state index < -0.39 is 0 Å². The van der Waals surface area contributed by atoms with Crippen LogP contribution in [0.3, 0.4) is 0 Å². The third-order valence-electron chi connectivity index (χ3n) is 4.75. The molecule has 5 nitrogen and oxygen atoms in total. The van der Waals surface area contributed by atoms with Crippen LogP contribution in [0.15, 0.2) is 52.9 Å². The molecule has 0 saturated carbocycles. The summed E-state index contributed by atoms with van der Waals surface area (Å²) in [6.45, 7) is 2.68. The third-order valence-corrected chi connectivity index (χ3v) is 4.75. The standard InChI is InChI=1S/C20H21N3O2/c1-14-9-10-19(25-14)17-13-18(22-21-17)20(24)23-11-5-8-16(23)12-15-6-3-2-4-7-15/h2-4,6-7,9-10,13,16H,5,8,11-12H2,1H3,(H,21,22). The van der Waals surface area contributed by atoms with Crippen LogP contribution < -0.4 is 0 Å². The SMILES string of the molecule is Cc1ccc(-c2cc(C(=O)N3CCCC3Cc3ccccc3)n[nH]2)o1. The van der Waals surface area contributed by atoms with Crippen LogP contribution in [-0.4, -0.2) is 33.6 Å². The predicted octanol–water partition coefficient (Wildman–Crippen LogP) is 3.83. The molecule has 0 bridgehead atoms. The van der Waals surface area contributed by atoms with E-state index in [1.54, 1.807) is 6.07 Å². The molecule has 3 heterocycles. The molecule has 1 fully saturated rings. The number of hydrogen-bond acceptors (Lipinski definition) is 3. The maximum atomic E-state index is 12.9. The number of hydrogen-bond donors (Lipinski definition) is 1. The first kappa shape index (κ1) is 15.7. The first-order valence-electron chi connectivity index (χ1n) is 8.68. The third kappa shape index (κ3) is 3.22. The van der Waals surface area contributed by atoms with E-state index in [4.69, 9.17) is 4.42 Å². The Labute approximate surface area is 146 Å². The molecule has 1 N–H and O–H groups in total. The number of carbonyl (C=O) groups is 1. The normalized spacial score (nSPS) is 17.2. The molecule has 2 aromatic heterocycles. The van der Waals surface area contributed by atoms with Gasteiger partial charge in [-0.3, -0.25) is 9.89 Å². The fraction of sp³-hybridized carbons (Fsp3) is 0.300. The Bertz CT molecular complexity index is 866. The first-order valence-corrected chi connectivity index (χ1v) is 8.68. The van der Waals surface area contributed by atoms with Gasteiger partial charge in [0.2, 0.25) is 0 Å². The average Bonchev–Trinajstić information content (AvgIpc) is 3.35. The molecule has 1 aliphatic rings. The van der Waals surface area contributed by atoms with E-state index in [-0.39, 0.29) is 11.9 Å². The maximum absolute atomic E-state index is 12.9. The second-order valence-corrected chi connectivity index (χ2v) is 6.56. The van der Waals surface area contributed by atoms with Crippen molar-refractivity contribution in [3.63, 3.8) is 0 Å². The van der Waals surface area contributed by atoms with Crippen molar-refractivity contribution in [3.05, 3.63) is 65.5 Å². The fourth-order valence-corrected chi connectivity index (χ4v) is 3.49. The number of amides is 1. The zero-order valence-electron chi connectivity index (χ0n) is 14.2. The highest BCUT2D eigenvalue weighted by Gasteiger charge is 2.30. The van der Waals surface area contributed by atoms with Gasteiger partial charge in [0.1, 0.15) is 11.5 Å². The molecule has 0 aliphatic carbocycles. The van der Waals surface area contributed by atoms with Crippen LogP contribution >= 0.6 is 0 Å². The van der Waals surface area contributed by atoms with Crippen LogP contribution in [0.5, 0.6) is 0 Å². The second-order valence-electron chi connectivity index (χ2n) is 6.56. The summed E-state index contributed by atoms with van der Waals surface area (Å²) < 4.78 is 5.59. The first-order chi connectivity index (χ1) is 12.2. The van der Waals surface area contributed by atoms with Crippen molar-refractivity contribution in [1.82, 2.24) is 15.1 Å². The Morgan fingerprint density at radius 3 is 2.88 bits per heavy atom. The van der Waals surface area contributed by atoms with E-state index in [1.807, 2.05) is 42.2 Å². The zero-order chi connectivity index (χ0) is 17.2. The van der Waals surface area contributed by atoms with Crippen molar-refractivity contribution in [3.8, 4) is 11.5 Å². The Kier molecular flexibility index (Phi) is 4.14. The van der Waals surface area contributed by atoms with Gasteiger partial charge in [-0.25, -0.2) is 0 Å². The average molecular weight is 335 g/mol. The Morgan fingerprint density at radius 2 is 2.12 bits per heavy atom. The van der Waals surface area contributed by atoms with Gasteiger partial charge >= 0.3 is 0 Å². The minimum absolute atomic E-state index is 0.00999. The number of aryl methyl sites for hydroxylation is 1. The van der Waals surface area contributed by atoms with Gasteiger partial charge in [0.05, 0.1) is 0 Å². The molecule has 1 aliphatic heterocycles. The van der Waals surface area contributed by atoms with Gasteiger partial charge in [-0.05, 0) is 43.9 Å². The van der Waals surface area contributed by atoms with E-state index in [0.717, 1.165) is 37.3 Å². The van der Waals surface area contributed by atoms with Gasteiger partial charge < -0.3 is 9.32 Å². The summed E-state index contributed by atoms with van der Waals surface area (Å²) in [5.74, 6) is 1.52. The molecule has 1 saturated heterocycles. The van der Waals surface area contributed by atoms with Crippen molar-refractivity contribution in [1.29, 1.82) is 0 Å². The fourth-order valence-electron chi connectivity index (χ4n) is 3.49. The second kappa shape index (κ2) is 6.59. The Hall–Kier alpha value is -2.82. The van der Waals surface area contributed by atoms with Crippen LogP contribution in [0.2, 0.25) is 0 Å². The lowest BCUT2D eigenvalue weighted by atomic mass is 10.0. The van der Waals surface area contributed by atoms with Crippen LogP contribution in [-0.2, 0) is 6.42 Å². The topological polar surface area (TPSA) is 62.1 Å². The number of rotatable bonds is 4. The zero-order valence-corrected chi connectivity index (χ0v) is 14.2. The van der Waals surface area contributed by atoms with Crippen molar-refractivity contribution in [2.24, 2.45) is 0 Å². The number of aromatic nitrogens is 2. The van der Waals surface area contributed by atoms with Crippen LogP contribution in [0, 0.1) is 6.92 Å². The lowest BCUT2D eigenvalue weighted by Gasteiger charge is -2.24. The van der Waals surface area contributed by atoms with E-state index in [1.165, 1.54) is 5.56 Å². The van der Waals surface area contributed by atoms with E-state index in [0.29, 0.717) is 11.5 Å². The number of nitrogens with zero attached hydrogens (tertiary/aromatic N) is 2. The highest BCUT2D eigenvalue weighted by Crippen LogP contribution is 2.25. The molecule has 1 aromatic carbocycles. The summed E-state index contributed by atoms with van der Waals surface area (Å²) in [6, 6.07) is 16.1. The largest absolute Gasteiger partial charge is 0.460 e. The molecule has 128 valence electrons. The number of aromatic amines is 1. The van der Waals surface area contributed by atoms with Gasteiger partial charge in [0, 0.05) is 18.7 Å². The molecular formula is C20H21N3O2. The monoisotopic (exact) mass is 335 g/mol. The van der Waals surface area contributed by atoms with Gasteiger partial charge in [0.25, 0.3) is 5.91 Å². The number of likely N-dealkylation sites (tertiary alicyclic amines) is 1. The van der Waals surface area contributed by atoms with Crippen molar-refractivity contribution < 1.29 is 9.21 Å². The van der Waals surface area contributed by atoms with Gasteiger partial charge in [-0.2, -0.15) is 5.10 Å². The van der Waals surface area contributed by atoms with Gasteiger partial charge in [-0.1, -0.05) is 30.3 Å². The predicted molar refractivity (Wildman–Crippen MR) is 95.2 cm³/mol. The molecule has 1 amide bonds.